The number of anilines is 1. The lowest BCUT2D eigenvalue weighted by Crippen LogP contribution is -2.63. The van der Waals surface area contributed by atoms with Gasteiger partial charge >= 0.3 is 5.97 Å². The maximum atomic E-state index is 12.5. The van der Waals surface area contributed by atoms with Gasteiger partial charge in [0.1, 0.15) is 0 Å². The van der Waals surface area contributed by atoms with Gasteiger partial charge in [0.15, 0.2) is 0 Å². The van der Waals surface area contributed by atoms with E-state index in [0.717, 1.165) is 19.6 Å². The Morgan fingerprint density at radius 3 is 3.00 bits per heavy atom. The number of esters is 1. The molecule has 5 rings (SSSR count). The average molecular weight is 385 g/mol. The molecular weight excluding hydrogens is 352 g/mol. The van der Waals surface area contributed by atoms with Gasteiger partial charge in [0.05, 0.1) is 19.3 Å². The maximum absolute atomic E-state index is 12.5. The zero-order valence-electron chi connectivity index (χ0n) is 17.2. The molecule has 5 nitrogen and oxygen atoms in total. The highest BCUT2D eigenvalue weighted by Crippen LogP contribution is 2.61. The van der Waals surface area contributed by atoms with Crippen LogP contribution in [0.3, 0.4) is 0 Å². The highest BCUT2D eigenvalue weighted by atomic mass is 16.5. The highest BCUT2D eigenvalue weighted by Gasteiger charge is 2.66. The van der Waals surface area contributed by atoms with E-state index in [4.69, 9.17) is 9.47 Å². The van der Waals surface area contributed by atoms with Gasteiger partial charge in [-0.3, -0.25) is 4.79 Å². The number of nitrogens with zero attached hydrogens (tertiary/aromatic N) is 1. The summed E-state index contributed by atoms with van der Waals surface area (Å²) >= 11 is 0. The summed E-state index contributed by atoms with van der Waals surface area (Å²) in [7, 11) is 2.27. The minimum atomic E-state index is -0.0549. The summed E-state index contributed by atoms with van der Waals surface area (Å²) in [6.07, 6.45) is 2.94. The minimum absolute atomic E-state index is 0.0549. The topological polar surface area (TPSA) is 50.8 Å². The van der Waals surface area contributed by atoms with Crippen molar-refractivity contribution in [3.63, 3.8) is 0 Å². The van der Waals surface area contributed by atoms with E-state index in [1.54, 1.807) is 0 Å². The second kappa shape index (κ2) is 6.74. The van der Waals surface area contributed by atoms with Crippen molar-refractivity contribution in [3.8, 4) is 0 Å². The lowest BCUT2D eigenvalue weighted by Gasteiger charge is -2.54. The molecule has 3 aliphatic heterocycles. The molecule has 28 heavy (non-hydrogen) atoms. The van der Waals surface area contributed by atoms with Crippen molar-refractivity contribution >= 4 is 11.7 Å². The van der Waals surface area contributed by atoms with Crippen LogP contribution in [-0.2, 0) is 19.7 Å². The van der Waals surface area contributed by atoms with E-state index in [2.05, 4.69) is 48.5 Å². The summed E-state index contributed by atoms with van der Waals surface area (Å²) in [5.41, 5.74) is 2.88. The quantitative estimate of drug-likeness (QED) is 0.812. The van der Waals surface area contributed by atoms with Crippen LogP contribution < -0.4 is 5.32 Å². The molecule has 152 valence electrons. The first kappa shape index (κ1) is 18.4. The largest absolute Gasteiger partial charge is 0.466 e. The number of benzene rings is 1. The number of nitrogens with one attached hydrogen (secondary N) is 1. The molecular formula is C23H32N2O3. The zero-order chi connectivity index (χ0) is 19.5. The molecule has 1 aromatic rings. The van der Waals surface area contributed by atoms with Crippen LogP contribution >= 0.6 is 0 Å². The Labute approximate surface area is 167 Å². The Balaban J connectivity index is 1.62. The van der Waals surface area contributed by atoms with Gasteiger partial charge in [-0.05, 0) is 63.7 Å². The minimum Gasteiger partial charge on any atom is -0.466 e. The Morgan fingerprint density at radius 1 is 1.36 bits per heavy atom. The van der Waals surface area contributed by atoms with Crippen LogP contribution in [0.1, 0.15) is 38.7 Å². The third-order valence-corrected chi connectivity index (χ3v) is 7.99. The van der Waals surface area contributed by atoms with Crippen LogP contribution in [0.4, 0.5) is 5.69 Å². The van der Waals surface area contributed by atoms with Crippen LogP contribution in [0.5, 0.6) is 0 Å². The smallest absolute Gasteiger partial charge is 0.306 e. The lowest BCUT2D eigenvalue weighted by atomic mass is 9.53. The van der Waals surface area contributed by atoms with Gasteiger partial charge < -0.3 is 19.7 Å². The number of ether oxygens (including phenoxy) is 2. The van der Waals surface area contributed by atoms with Gasteiger partial charge in [-0.15, -0.1) is 0 Å². The van der Waals surface area contributed by atoms with E-state index < -0.39 is 0 Å². The third-order valence-electron chi connectivity index (χ3n) is 7.99. The number of para-hydroxylation sites is 1. The summed E-state index contributed by atoms with van der Waals surface area (Å²) in [5, 5.41) is 3.89. The summed E-state index contributed by atoms with van der Waals surface area (Å²) in [6.45, 7) is 6.38. The SMILES string of the molecule is CCOC(=O)CC1C2CC(C)OC[C@H]1[C@@H]1Nc3ccccc3C13CCN(C)[C@@H]23. The summed E-state index contributed by atoms with van der Waals surface area (Å²) in [5.74, 6) is 1.02. The number of carbonyl (C=O) groups is 1. The van der Waals surface area contributed by atoms with E-state index in [0.29, 0.717) is 42.9 Å². The van der Waals surface area contributed by atoms with E-state index in [1.807, 2.05) is 6.92 Å². The molecule has 2 saturated heterocycles. The number of fused-ring (bicyclic) bond motifs is 5. The van der Waals surface area contributed by atoms with Gasteiger partial charge in [-0.1, -0.05) is 18.2 Å². The number of carbonyl (C=O) groups excluding carboxylic acids is 1. The third kappa shape index (κ3) is 2.48. The van der Waals surface area contributed by atoms with Gasteiger partial charge in [-0.2, -0.15) is 0 Å². The van der Waals surface area contributed by atoms with Crippen LogP contribution in [0.2, 0.25) is 0 Å². The number of likely N-dealkylation sites (tertiary alicyclic amines) is 1. The fraction of sp³-hybridized carbons (Fsp3) is 0.696. The van der Waals surface area contributed by atoms with Crippen LogP contribution in [0, 0.1) is 17.8 Å². The van der Waals surface area contributed by atoms with E-state index in [1.165, 1.54) is 17.7 Å². The molecule has 5 heteroatoms. The van der Waals surface area contributed by atoms with Crippen LogP contribution in [0.25, 0.3) is 0 Å². The number of likely N-dealkylation sites (N-methyl/N-ethyl adjacent to an activating group) is 1. The lowest BCUT2D eigenvalue weighted by molar-refractivity contribution is -0.146. The van der Waals surface area contributed by atoms with E-state index in [-0.39, 0.29) is 17.5 Å². The molecule has 0 amide bonds. The molecule has 3 heterocycles. The Morgan fingerprint density at radius 2 is 2.18 bits per heavy atom. The molecule has 1 N–H and O–H groups in total. The summed E-state index contributed by atoms with van der Waals surface area (Å²) in [4.78, 5) is 15.1. The highest BCUT2D eigenvalue weighted by molar-refractivity contribution is 5.70. The van der Waals surface area contributed by atoms with Gasteiger partial charge in [0.25, 0.3) is 0 Å². The normalized spacial score (nSPS) is 41.4. The fourth-order valence-electron chi connectivity index (χ4n) is 7.12. The number of rotatable bonds is 3. The zero-order valence-corrected chi connectivity index (χ0v) is 17.2. The standard InChI is InChI=1S/C23H32N2O3/c1-4-27-20(26)12-15-16-11-14(2)28-13-17(15)21-23(9-10-25(3)22(16)23)18-7-5-6-8-19(18)24-21/h5-8,14-17,21-22,24H,4,9-13H2,1-3H3/t14?,15?,16?,17-,21+,22+,23?/m1/s1. The summed E-state index contributed by atoms with van der Waals surface area (Å²) < 4.78 is 11.7. The molecule has 1 aliphatic carbocycles. The molecule has 1 spiro atoms. The first-order chi connectivity index (χ1) is 13.6. The molecule has 4 aliphatic rings. The molecule has 1 aromatic carbocycles. The summed E-state index contributed by atoms with van der Waals surface area (Å²) in [6, 6.07) is 9.62. The monoisotopic (exact) mass is 384 g/mol. The van der Waals surface area contributed by atoms with Gasteiger partial charge in [-0.25, -0.2) is 0 Å². The van der Waals surface area contributed by atoms with Crippen LogP contribution in [0.15, 0.2) is 24.3 Å². The Bertz CT molecular complexity index is 768. The average Bonchev–Trinajstić information content (AvgIpc) is 3.15. The molecule has 4 unspecified atom stereocenters. The van der Waals surface area contributed by atoms with Crippen LogP contribution in [-0.4, -0.2) is 55.9 Å². The predicted octanol–water partition coefficient (Wildman–Crippen LogP) is 3.05. The molecule has 0 radical (unpaired) electrons. The molecule has 2 bridgehead atoms. The molecule has 0 aromatic heterocycles. The van der Waals surface area contributed by atoms with Crippen molar-refractivity contribution in [2.75, 3.05) is 32.1 Å². The number of hydrogen-bond acceptors (Lipinski definition) is 5. The second-order valence-electron chi connectivity index (χ2n) is 9.26. The second-order valence-corrected chi connectivity index (χ2v) is 9.26. The van der Waals surface area contributed by atoms with Crippen molar-refractivity contribution in [1.29, 1.82) is 0 Å². The molecule has 7 atom stereocenters. The Hall–Kier alpha value is -1.59. The van der Waals surface area contributed by atoms with Crippen molar-refractivity contribution in [2.45, 2.75) is 56.7 Å². The molecule has 3 fully saturated rings. The van der Waals surface area contributed by atoms with E-state index >= 15 is 0 Å². The maximum Gasteiger partial charge on any atom is 0.306 e. The first-order valence-corrected chi connectivity index (χ1v) is 10.9. The van der Waals surface area contributed by atoms with E-state index in [9.17, 15) is 4.79 Å². The molecule has 1 saturated carbocycles. The van der Waals surface area contributed by atoms with Crippen molar-refractivity contribution in [1.82, 2.24) is 4.90 Å². The van der Waals surface area contributed by atoms with Crippen molar-refractivity contribution in [3.05, 3.63) is 29.8 Å². The van der Waals surface area contributed by atoms with Crippen molar-refractivity contribution < 1.29 is 14.3 Å². The Kier molecular flexibility index (Phi) is 4.44. The first-order valence-electron chi connectivity index (χ1n) is 10.9. The predicted molar refractivity (Wildman–Crippen MR) is 108 cm³/mol. The fourth-order valence-corrected chi connectivity index (χ4v) is 7.12. The van der Waals surface area contributed by atoms with Gasteiger partial charge in [0.2, 0.25) is 0 Å². The van der Waals surface area contributed by atoms with Gasteiger partial charge in [0, 0.05) is 35.5 Å². The van der Waals surface area contributed by atoms with Crippen molar-refractivity contribution in [2.24, 2.45) is 17.8 Å². The number of hydrogen-bond donors (Lipinski definition) is 1.